The van der Waals surface area contributed by atoms with Crippen LogP contribution >= 0.6 is 22.7 Å². The molecule has 2 heterocycles. The molecule has 3 nitrogen and oxygen atoms in total. The highest BCUT2D eigenvalue weighted by Crippen LogP contribution is 2.28. The van der Waals surface area contributed by atoms with Crippen LogP contribution < -0.4 is 4.74 Å². The summed E-state index contributed by atoms with van der Waals surface area (Å²) in [5, 5.41) is 6.50. The molecular weight excluding hydrogens is 446 g/mol. The quantitative estimate of drug-likeness (QED) is 0.270. The van der Waals surface area contributed by atoms with Gasteiger partial charge in [0.25, 0.3) is 0 Å². The lowest BCUT2D eigenvalue weighted by Crippen LogP contribution is -2.24. The second-order valence-corrected chi connectivity index (χ2v) is 10.1. The van der Waals surface area contributed by atoms with Crippen LogP contribution in [0.15, 0.2) is 64.7 Å². The number of rotatable bonds is 11. The highest BCUT2D eigenvalue weighted by atomic mass is 32.1. The summed E-state index contributed by atoms with van der Waals surface area (Å²) in [4.78, 5) is 3.66. The Morgan fingerprint density at radius 3 is 2.76 bits per heavy atom. The molecule has 0 aliphatic carbocycles. The number of benzene rings is 1. The lowest BCUT2D eigenvalue weighted by atomic mass is 10.1. The predicted octanol–water partition coefficient (Wildman–Crippen LogP) is 7.25. The average molecular weight is 480 g/mol. The maximum absolute atomic E-state index is 6.11. The molecule has 0 radical (unpaired) electrons. The first-order chi connectivity index (χ1) is 16.0. The number of hydrogen-bond acceptors (Lipinski definition) is 5. The third kappa shape index (κ3) is 8.49. The Balaban J connectivity index is 1.54. The number of nitrogens with zero attached hydrogens (tertiary/aromatic N) is 1. The van der Waals surface area contributed by atoms with E-state index in [0.29, 0.717) is 6.61 Å². The summed E-state index contributed by atoms with van der Waals surface area (Å²) in [5.74, 6) is 7.12. The Morgan fingerprint density at radius 1 is 1.12 bits per heavy atom. The molecular formula is C28H33NO2S2. The number of allylic oxidation sites excluding steroid dienone is 1. The third-order valence-corrected chi connectivity index (χ3v) is 6.78. The molecule has 0 fully saturated rings. The molecule has 0 aliphatic rings. The summed E-state index contributed by atoms with van der Waals surface area (Å²) in [6, 6.07) is 12.8. The molecule has 3 rings (SSSR count). The van der Waals surface area contributed by atoms with Crippen molar-refractivity contribution in [1.82, 2.24) is 4.90 Å². The highest BCUT2D eigenvalue weighted by Gasteiger charge is 2.10. The number of hydrogen-bond donors (Lipinski definition) is 0. The molecule has 0 amide bonds. The molecule has 2 aromatic heterocycles. The van der Waals surface area contributed by atoms with E-state index in [2.05, 4.69) is 76.2 Å². The number of methoxy groups -OCH3 is 1. The van der Waals surface area contributed by atoms with Gasteiger partial charge in [0.15, 0.2) is 0 Å². The molecule has 0 saturated carbocycles. The molecule has 174 valence electrons. The molecule has 33 heavy (non-hydrogen) atoms. The van der Waals surface area contributed by atoms with Crippen LogP contribution in [0.5, 0.6) is 5.75 Å². The van der Waals surface area contributed by atoms with Crippen LogP contribution in [0.3, 0.4) is 0 Å². The van der Waals surface area contributed by atoms with Crippen LogP contribution in [0, 0.1) is 11.8 Å². The van der Waals surface area contributed by atoms with Crippen LogP contribution in [0.25, 0.3) is 11.1 Å². The molecule has 3 aromatic rings. The summed E-state index contributed by atoms with van der Waals surface area (Å²) >= 11 is 3.48. The topological polar surface area (TPSA) is 21.7 Å². The zero-order chi connectivity index (χ0) is 23.5. The van der Waals surface area contributed by atoms with Crippen LogP contribution in [-0.2, 0) is 17.9 Å². The largest absolute Gasteiger partial charge is 0.488 e. The fraction of sp³-hybridized carbons (Fsp3) is 0.357. The first-order valence-corrected chi connectivity index (χ1v) is 13.1. The Morgan fingerprint density at radius 2 is 2.00 bits per heavy atom. The van der Waals surface area contributed by atoms with Crippen molar-refractivity contribution in [2.75, 3.05) is 20.2 Å². The van der Waals surface area contributed by atoms with Crippen LogP contribution in [-0.4, -0.2) is 30.7 Å². The van der Waals surface area contributed by atoms with E-state index in [1.807, 2.05) is 26.0 Å². The molecule has 0 bridgehead atoms. The minimum absolute atomic E-state index is 0.414. The van der Waals surface area contributed by atoms with Gasteiger partial charge in [0.1, 0.15) is 18.0 Å². The van der Waals surface area contributed by atoms with Crippen molar-refractivity contribution in [2.24, 2.45) is 0 Å². The predicted molar refractivity (Wildman–Crippen MR) is 142 cm³/mol. The SMILES string of the molecule is CCCN(C/C=C/C#CC(C)(C)OC)Cc1cccc(OCc2cc(-c3ccsc3)cs2)c1. The van der Waals surface area contributed by atoms with E-state index in [9.17, 15) is 0 Å². The van der Waals surface area contributed by atoms with Gasteiger partial charge in [-0.05, 0) is 90.0 Å². The van der Waals surface area contributed by atoms with Crippen molar-refractivity contribution in [3.8, 4) is 28.7 Å². The fourth-order valence-electron chi connectivity index (χ4n) is 3.26. The first-order valence-electron chi connectivity index (χ1n) is 11.3. The fourth-order valence-corrected chi connectivity index (χ4v) is 4.73. The Labute approximate surface area is 206 Å². The summed E-state index contributed by atoms with van der Waals surface area (Å²) in [6.07, 6.45) is 5.15. The molecule has 0 atom stereocenters. The standard InChI is InChI=1S/C28H33NO2S2/c1-5-14-29(15-8-6-7-13-28(2,3)30-4)19-23-10-9-11-26(17-23)31-20-27-18-25(22-33-27)24-12-16-32-21-24/h6,8-12,16-18,21-22H,5,14-15,19-20H2,1-4H3/b8-6+. The zero-order valence-electron chi connectivity index (χ0n) is 20.0. The molecule has 0 aliphatic heterocycles. The second-order valence-electron chi connectivity index (χ2n) is 8.37. The highest BCUT2D eigenvalue weighted by molar-refractivity contribution is 7.10. The smallest absolute Gasteiger partial charge is 0.123 e. The van der Waals surface area contributed by atoms with Crippen LogP contribution in [0.1, 0.15) is 37.6 Å². The molecule has 0 saturated heterocycles. The van der Waals surface area contributed by atoms with Gasteiger partial charge in [-0.3, -0.25) is 4.90 Å². The third-order valence-electron chi connectivity index (χ3n) is 5.18. The summed E-state index contributed by atoms with van der Waals surface area (Å²) < 4.78 is 11.4. The van der Waals surface area contributed by atoms with Gasteiger partial charge in [-0.1, -0.05) is 37.0 Å². The maximum atomic E-state index is 6.11. The van der Waals surface area contributed by atoms with E-state index in [4.69, 9.17) is 9.47 Å². The van der Waals surface area contributed by atoms with Gasteiger partial charge in [0, 0.05) is 25.1 Å². The minimum atomic E-state index is -0.414. The van der Waals surface area contributed by atoms with Crippen LogP contribution in [0.4, 0.5) is 0 Å². The average Bonchev–Trinajstić information content (AvgIpc) is 3.50. The van der Waals surface area contributed by atoms with Crippen molar-refractivity contribution >= 4 is 22.7 Å². The molecule has 0 unspecified atom stereocenters. The van der Waals surface area contributed by atoms with E-state index in [1.165, 1.54) is 21.6 Å². The van der Waals surface area contributed by atoms with Gasteiger partial charge in [-0.25, -0.2) is 0 Å². The van der Waals surface area contributed by atoms with Gasteiger partial charge in [0.2, 0.25) is 0 Å². The Bertz CT molecular complexity index is 1070. The summed E-state index contributed by atoms with van der Waals surface area (Å²) in [5.41, 5.74) is 3.39. The molecule has 0 N–H and O–H groups in total. The minimum Gasteiger partial charge on any atom is -0.488 e. The van der Waals surface area contributed by atoms with Gasteiger partial charge < -0.3 is 9.47 Å². The molecule has 1 aromatic carbocycles. The normalized spacial score (nSPS) is 11.7. The first kappa shape index (κ1) is 25.3. The van der Waals surface area contributed by atoms with Crippen molar-refractivity contribution in [2.45, 2.75) is 45.9 Å². The van der Waals surface area contributed by atoms with Crippen molar-refractivity contribution in [1.29, 1.82) is 0 Å². The van der Waals surface area contributed by atoms with Gasteiger partial charge in [-0.15, -0.1) is 11.3 Å². The summed E-state index contributed by atoms with van der Waals surface area (Å²) in [6.45, 7) is 9.52. The van der Waals surface area contributed by atoms with E-state index < -0.39 is 5.60 Å². The molecule has 0 spiro atoms. The van der Waals surface area contributed by atoms with Crippen molar-refractivity contribution < 1.29 is 9.47 Å². The Hall–Kier alpha value is -2.36. The Kier molecular flexibility index (Phi) is 9.77. The number of thiophene rings is 2. The van der Waals surface area contributed by atoms with Crippen molar-refractivity contribution in [3.05, 3.63) is 75.1 Å². The van der Waals surface area contributed by atoms with E-state index in [-0.39, 0.29) is 0 Å². The van der Waals surface area contributed by atoms with Gasteiger partial charge in [-0.2, -0.15) is 11.3 Å². The monoisotopic (exact) mass is 479 g/mol. The van der Waals surface area contributed by atoms with Gasteiger partial charge in [0.05, 0.1) is 0 Å². The summed E-state index contributed by atoms with van der Waals surface area (Å²) in [7, 11) is 1.68. The zero-order valence-corrected chi connectivity index (χ0v) is 21.6. The van der Waals surface area contributed by atoms with Crippen LogP contribution in [0.2, 0.25) is 0 Å². The van der Waals surface area contributed by atoms with Gasteiger partial charge >= 0.3 is 0 Å². The lowest BCUT2D eigenvalue weighted by molar-refractivity contribution is 0.0742. The van der Waals surface area contributed by atoms with Crippen molar-refractivity contribution in [3.63, 3.8) is 0 Å². The molecule has 5 heteroatoms. The van der Waals surface area contributed by atoms with E-state index >= 15 is 0 Å². The maximum Gasteiger partial charge on any atom is 0.123 e. The van der Waals surface area contributed by atoms with E-state index in [1.54, 1.807) is 29.8 Å². The van der Waals surface area contributed by atoms with E-state index in [0.717, 1.165) is 31.8 Å². The second kappa shape index (κ2) is 12.8. The number of ether oxygens (including phenoxy) is 2. The lowest BCUT2D eigenvalue weighted by Gasteiger charge is -2.20.